The smallest absolute Gasteiger partial charge is 0.305 e. The molecule has 6 nitrogen and oxygen atoms in total. The Bertz CT molecular complexity index is 459. The molecule has 0 saturated carbocycles. The molecule has 0 fully saturated rings. The number of aromatic nitrogens is 2. The SMILES string of the molecule is CCOC(=O)CCCNc1c(C#N)c(C)nn1C. The molecule has 0 bridgehead atoms. The topological polar surface area (TPSA) is 79.9 Å². The van der Waals surface area contributed by atoms with E-state index in [2.05, 4.69) is 16.5 Å². The zero-order chi connectivity index (χ0) is 13.5. The van der Waals surface area contributed by atoms with Crippen molar-refractivity contribution in [3.8, 4) is 6.07 Å². The maximum absolute atomic E-state index is 11.1. The molecule has 0 amide bonds. The summed E-state index contributed by atoms with van der Waals surface area (Å²) in [5, 5.41) is 16.3. The molecule has 98 valence electrons. The highest BCUT2D eigenvalue weighted by Gasteiger charge is 2.12. The average molecular weight is 250 g/mol. The van der Waals surface area contributed by atoms with Gasteiger partial charge in [0.25, 0.3) is 0 Å². The van der Waals surface area contributed by atoms with Crippen LogP contribution in [0.2, 0.25) is 0 Å². The lowest BCUT2D eigenvalue weighted by atomic mass is 10.2. The molecule has 1 N–H and O–H groups in total. The summed E-state index contributed by atoms with van der Waals surface area (Å²) >= 11 is 0. The molecule has 0 spiro atoms. The first-order valence-corrected chi connectivity index (χ1v) is 5.93. The van der Waals surface area contributed by atoms with Crippen molar-refractivity contribution in [3.63, 3.8) is 0 Å². The highest BCUT2D eigenvalue weighted by molar-refractivity contribution is 5.69. The Labute approximate surface area is 107 Å². The molecule has 6 heteroatoms. The Hall–Kier alpha value is -2.03. The van der Waals surface area contributed by atoms with Crippen LogP contribution in [0.1, 0.15) is 31.0 Å². The predicted octanol–water partition coefficient (Wildman–Crippen LogP) is 1.36. The molecule has 18 heavy (non-hydrogen) atoms. The number of rotatable bonds is 6. The van der Waals surface area contributed by atoms with Crippen molar-refractivity contribution in [2.24, 2.45) is 7.05 Å². The second-order valence-electron chi connectivity index (χ2n) is 3.88. The molecule has 0 aliphatic carbocycles. The van der Waals surface area contributed by atoms with Gasteiger partial charge in [0, 0.05) is 20.0 Å². The van der Waals surface area contributed by atoms with Gasteiger partial charge in [0.15, 0.2) is 0 Å². The Morgan fingerprint density at radius 1 is 1.61 bits per heavy atom. The molecular weight excluding hydrogens is 232 g/mol. The van der Waals surface area contributed by atoms with Crippen LogP contribution in [0.5, 0.6) is 0 Å². The molecule has 0 aliphatic heterocycles. The van der Waals surface area contributed by atoms with E-state index in [0.717, 1.165) is 0 Å². The number of anilines is 1. The third-order valence-electron chi connectivity index (χ3n) is 2.49. The lowest BCUT2D eigenvalue weighted by Gasteiger charge is -2.06. The molecule has 1 aromatic heterocycles. The average Bonchev–Trinajstić information content (AvgIpc) is 2.59. The molecule has 0 aromatic carbocycles. The van der Waals surface area contributed by atoms with E-state index in [4.69, 9.17) is 10.00 Å². The van der Waals surface area contributed by atoms with E-state index in [1.54, 1.807) is 25.6 Å². The van der Waals surface area contributed by atoms with Crippen LogP contribution in [0.15, 0.2) is 0 Å². The van der Waals surface area contributed by atoms with Crippen molar-refractivity contribution in [2.75, 3.05) is 18.5 Å². The Morgan fingerprint density at radius 3 is 2.94 bits per heavy atom. The molecule has 0 unspecified atom stereocenters. The molecule has 1 rings (SSSR count). The van der Waals surface area contributed by atoms with Gasteiger partial charge in [-0.05, 0) is 20.3 Å². The molecule has 0 atom stereocenters. The first-order chi connectivity index (χ1) is 8.60. The number of hydrogen-bond acceptors (Lipinski definition) is 5. The number of aryl methyl sites for hydroxylation is 2. The predicted molar refractivity (Wildman–Crippen MR) is 67.0 cm³/mol. The standard InChI is InChI=1S/C12H18N4O2/c1-4-18-11(17)6-5-7-14-12-10(8-13)9(2)15-16(12)3/h14H,4-7H2,1-3H3. The minimum absolute atomic E-state index is 0.194. The number of nitriles is 1. The van der Waals surface area contributed by atoms with Gasteiger partial charge in [-0.25, -0.2) is 0 Å². The van der Waals surface area contributed by atoms with Gasteiger partial charge < -0.3 is 10.1 Å². The van der Waals surface area contributed by atoms with Crippen LogP contribution in [0.4, 0.5) is 5.82 Å². The van der Waals surface area contributed by atoms with Crippen LogP contribution in [0, 0.1) is 18.3 Å². The van der Waals surface area contributed by atoms with E-state index in [0.29, 0.717) is 43.1 Å². The number of esters is 1. The van der Waals surface area contributed by atoms with E-state index in [1.807, 2.05) is 0 Å². The van der Waals surface area contributed by atoms with Crippen LogP contribution >= 0.6 is 0 Å². The van der Waals surface area contributed by atoms with Crippen LogP contribution < -0.4 is 5.32 Å². The van der Waals surface area contributed by atoms with Crippen molar-refractivity contribution in [1.29, 1.82) is 5.26 Å². The van der Waals surface area contributed by atoms with E-state index in [9.17, 15) is 4.79 Å². The van der Waals surface area contributed by atoms with Crippen LogP contribution in [0.3, 0.4) is 0 Å². The molecule has 1 heterocycles. The third kappa shape index (κ3) is 3.48. The van der Waals surface area contributed by atoms with Crippen molar-refractivity contribution in [1.82, 2.24) is 9.78 Å². The van der Waals surface area contributed by atoms with Gasteiger partial charge >= 0.3 is 5.97 Å². The van der Waals surface area contributed by atoms with Gasteiger partial charge in [-0.3, -0.25) is 9.48 Å². The number of nitrogens with one attached hydrogen (secondary N) is 1. The second kappa shape index (κ2) is 6.64. The Kier molecular flexibility index (Phi) is 5.18. The second-order valence-corrected chi connectivity index (χ2v) is 3.88. The first-order valence-electron chi connectivity index (χ1n) is 5.93. The minimum Gasteiger partial charge on any atom is -0.466 e. The van der Waals surface area contributed by atoms with Crippen LogP contribution in [-0.2, 0) is 16.6 Å². The highest BCUT2D eigenvalue weighted by atomic mass is 16.5. The Morgan fingerprint density at radius 2 is 2.33 bits per heavy atom. The summed E-state index contributed by atoms with van der Waals surface area (Å²) in [5.41, 5.74) is 1.25. The fourth-order valence-corrected chi connectivity index (χ4v) is 1.67. The van der Waals surface area contributed by atoms with Crippen molar-refractivity contribution in [2.45, 2.75) is 26.7 Å². The normalized spacial score (nSPS) is 9.89. The van der Waals surface area contributed by atoms with Gasteiger partial charge in [0.1, 0.15) is 17.5 Å². The molecular formula is C12H18N4O2. The van der Waals surface area contributed by atoms with E-state index in [1.165, 1.54) is 0 Å². The highest BCUT2D eigenvalue weighted by Crippen LogP contribution is 2.17. The summed E-state index contributed by atoms with van der Waals surface area (Å²) in [6.07, 6.45) is 1.04. The quantitative estimate of drug-likeness (QED) is 0.609. The summed E-state index contributed by atoms with van der Waals surface area (Å²) in [6, 6.07) is 2.12. The molecule has 1 aromatic rings. The lowest BCUT2D eigenvalue weighted by Crippen LogP contribution is -2.10. The number of carbonyl (C=O) groups excluding carboxylic acids is 1. The van der Waals surface area contributed by atoms with E-state index in [-0.39, 0.29) is 5.97 Å². The van der Waals surface area contributed by atoms with Crippen LogP contribution in [-0.4, -0.2) is 28.9 Å². The zero-order valence-electron chi connectivity index (χ0n) is 11.0. The van der Waals surface area contributed by atoms with Gasteiger partial charge in [0.2, 0.25) is 0 Å². The lowest BCUT2D eigenvalue weighted by molar-refractivity contribution is -0.143. The summed E-state index contributed by atoms with van der Waals surface area (Å²) in [5.74, 6) is 0.500. The van der Waals surface area contributed by atoms with Crippen molar-refractivity contribution >= 4 is 11.8 Å². The monoisotopic (exact) mass is 250 g/mol. The maximum Gasteiger partial charge on any atom is 0.305 e. The van der Waals surface area contributed by atoms with E-state index < -0.39 is 0 Å². The zero-order valence-corrected chi connectivity index (χ0v) is 11.0. The van der Waals surface area contributed by atoms with E-state index >= 15 is 0 Å². The molecule has 0 radical (unpaired) electrons. The molecule has 0 saturated heterocycles. The third-order valence-corrected chi connectivity index (χ3v) is 2.49. The number of nitrogens with zero attached hydrogens (tertiary/aromatic N) is 3. The first kappa shape index (κ1) is 14.0. The van der Waals surface area contributed by atoms with Gasteiger partial charge in [0.05, 0.1) is 12.3 Å². The minimum atomic E-state index is -0.194. The number of carbonyl (C=O) groups is 1. The molecule has 0 aliphatic rings. The fraction of sp³-hybridized carbons (Fsp3) is 0.583. The van der Waals surface area contributed by atoms with Gasteiger partial charge in [-0.15, -0.1) is 0 Å². The van der Waals surface area contributed by atoms with Gasteiger partial charge in [-0.1, -0.05) is 0 Å². The Balaban J connectivity index is 2.45. The van der Waals surface area contributed by atoms with Crippen molar-refractivity contribution < 1.29 is 9.53 Å². The number of hydrogen-bond donors (Lipinski definition) is 1. The maximum atomic E-state index is 11.1. The summed E-state index contributed by atoms with van der Waals surface area (Å²) in [7, 11) is 1.78. The number of ether oxygens (including phenoxy) is 1. The summed E-state index contributed by atoms with van der Waals surface area (Å²) < 4.78 is 6.47. The largest absolute Gasteiger partial charge is 0.466 e. The van der Waals surface area contributed by atoms with Gasteiger partial charge in [-0.2, -0.15) is 10.4 Å². The van der Waals surface area contributed by atoms with Crippen LogP contribution in [0.25, 0.3) is 0 Å². The van der Waals surface area contributed by atoms with Crippen molar-refractivity contribution in [3.05, 3.63) is 11.3 Å². The summed E-state index contributed by atoms with van der Waals surface area (Å²) in [6.45, 7) is 4.59. The fourth-order valence-electron chi connectivity index (χ4n) is 1.67. The summed E-state index contributed by atoms with van der Waals surface area (Å²) in [4.78, 5) is 11.1.